The molecule has 0 atom stereocenters. The summed E-state index contributed by atoms with van der Waals surface area (Å²) in [6, 6.07) is 15.1. The molecule has 0 aliphatic heterocycles. The minimum absolute atomic E-state index is 0.585. The van der Waals surface area contributed by atoms with Gasteiger partial charge in [-0.25, -0.2) is 0 Å². The highest BCUT2D eigenvalue weighted by molar-refractivity contribution is 8.01. The SMILES string of the molecule is CCOc1ccccc1Nc1nnc(SCCOc2ccc(Cl)cc2)s1. The van der Waals surface area contributed by atoms with Crippen LogP contribution in [-0.4, -0.2) is 29.2 Å². The first-order valence-electron chi connectivity index (χ1n) is 8.08. The van der Waals surface area contributed by atoms with Crippen LogP contribution in [-0.2, 0) is 0 Å². The molecule has 0 saturated carbocycles. The van der Waals surface area contributed by atoms with Gasteiger partial charge in [0.2, 0.25) is 5.13 Å². The summed E-state index contributed by atoms with van der Waals surface area (Å²) in [5.41, 5.74) is 0.883. The number of halogens is 1. The molecule has 1 heterocycles. The second-order valence-corrected chi connectivity index (χ2v) is 7.83. The van der Waals surface area contributed by atoms with Gasteiger partial charge in [0.1, 0.15) is 11.5 Å². The maximum atomic E-state index is 5.85. The molecule has 1 aromatic heterocycles. The number of para-hydroxylation sites is 2. The van der Waals surface area contributed by atoms with Gasteiger partial charge in [0.25, 0.3) is 0 Å². The summed E-state index contributed by atoms with van der Waals surface area (Å²) in [6.07, 6.45) is 0. The summed E-state index contributed by atoms with van der Waals surface area (Å²) in [5, 5.41) is 13.1. The summed E-state index contributed by atoms with van der Waals surface area (Å²) >= 11 is 8.97. The Bertz CT molecular complexity index is 827. The van der Waals surface area contributed by atoms with E-state index in [4.69, 9.17) is 21.1 Å². The van der Waals surface area contributed by atoms with Crippen LogP contribution >= 0.6 is 34.7 Å². The van der Waals surface area contributed by atoms with Crippen molar-refractivity contribution in [1.82, 2.24) is 10.2 Å². The summed E-state index contributed by atoms with van der Waals surface area (Å²) in [4.78, 5) is 0. The van der Waals surface area contributed by atoms with Crippen molar-refractivity contribution in [3.05, 3.63) is 53.6 Å². The molecule has 0 aliphatic carbocycles. The van der Waals surface area contributed by atoms with Gasteiger partial charge < -0.3 is 14.8 Å². The molecule has 136 valence electrons. The van der Waals surface area contributed by atoms with E-state index >= 15 is 0 Å². The second-order valence-electron chi connectivity index (χ2n) is 5.08. The van der Waals surface area contributed by atoms with Gasteiger partial charge >= 0.3 is 0 Å². The van der Waals surface area contributed by atoms with Crippen LogP contribution in [0.4, 0.5) is 10.8 Å². The highest BCUT2D eigenvalue weighted by Gasteiger charge is 2.08. The number of rotatable bonds is 9. The van der Waals surface area contributed by atoms with Crippen LogP contribution in [0.15, 0.2) is 52.9 Å². The van der Waals surface area contributed by atoms with Gasteiger partial charge in [-0.15, -0.1) is 10.2 Å². The molecule has 3 rings (SSSR count). The third kappa shape index (κ3) is 5.52. The molecule has 0 spiro atoms. The van der Waals surface area contributed by atoms with Crippen molar-refractivity contribution < 1.29 is 9.47 Å². The van der Waals surface area contributed by atoms with Crippen molar-refractivity contribution >= 4 is 45.5 Å². The number of hydrogen-bond acceptors (Lipinski definition) is 7. The van der Waals surface area contributed by atoms with Crippen LogP contribution in [0.5, 0.6) is 11.5 Å². The van der Waals surface area contributed by atoms with Crippen LogP contribution in [0.2, 0.25) is 5.02 Å². The van der Waals surface area contributed by atoms with Gasteiger partial charge in [0.15, 0.2) is 4.34 Å². The molecule has 0 amide bonds. The lowest BCUT2D eigenvalue weighted by atomic mass is 10.3. The van der Waals surface area contributed by atoms with Crippen molar-refractivity contribution in [3.8, 4) is 11.5 Å². The zero-order chi connectivity index (χ0) is 18.2. The number of aromatic nitrogens is 2. The van der Waals surface area contributed by atoms with E-state index < -0.39 is 0 Å². The highest BCUT2D eigenvalue weighted by atomic mass is 35.5. The zero-order valence-corrected chi connectivity index (χ0v) is 16.5. The van der Waals surface area contributed by atoms with Gasteiger partial charge in [0, 0.05) is 10.8 Å². The van der Waals surface area contributed by atoms with Gasteiger partial charge in [-0.1, -0.05) is 46.8 Å². The van der Waals surface area contributed by atoms with Crippen LogP contribution in [0.25, 0.3) is 0 Å². The normalized spacial score (nSPS) is 10.5. The monoisotopic (exact) mass is 407 g/mol. The molecule has 3 aromatic rings. The van der Waals surface area contributed by atoms with Crippen LogP contribution in [0.1, 0.15) is 6.92 Å². The molecule has 0 bridgehead atoms. The number of thioether (sulfide) groups is 1. The molecule has 0 aliphatic rings. The first kappa shape index (κ1) is 18.8. The molecule has 0 unspecified atom stereocenters. The van der Waals surface area contributed by atoms with Crippen molar-refractivity contribution in [2.45, 2.75) is 11.3 Å². The van der Waals surface area contributed by atoms with Crippen molar-refractivity contribution in [2.24, 2.45) is 0 Å². The number of hydrogen-bond donors (Lipinski definition) is 1. The largest absolute Gasteiger partial charge is 0.493 e. The van der Waals surface area contributed by atoms with E-state index in [1.165, 1.54) is 11.3 Å². The maximum absolute atomic E-state index is 5.85. The van der Waals surface area contributed by atoms with E-state index in [0.717, 1.165) is 32.4 Å². The van der Waals surface area contributed by atoms with Crippen molar-refractivity contribution in [3.63, 3.8) is 0 Å². The van der Waals surface area contributed by atoms with Crippen LogP contribution < -0.4 is 14.8 Å². The third-order valence-electron chi connectivity index (χ3n) is 3.23. The number of anilines is 2. The quantitative estimate of drug-likeness (QED) is 0.373. The number of ether oxygens (including phenoxy) is 2. The molecule has 26 heavy (non-hydrogen) atoms. The number of nitrogens with one attached hydrogen (secondary N) is 1. The fourth-order valence-electron chi connectivity index (χ4n) is 2.10. The average Bonchev–Trinajstić information content (AvgIpc) is 3.09. The standard InChI is InChI=1S/C18H18ClN3O2S2/c1-2-23-16-6-4-3-5-15(16)20-17-21-22-18(26-17)25-12-11-24-14-9-7-13(19)8-10-14/h3-10H,2,11-12H2,1H3,(H,20,21). The Morgan fingerprint density at radius 3 is 2.69 bits per heavy atom. The van der Waals surface area contributed by atoms with E-state index in [0.29, 0.717) is 18.2 Å². The second kappa shape index (κ2) is 9.66. The lowest BCUT2D eigenvalue weighted by molar-refractivity contribution is 0.342. The van der Waals surface area contributed by atoms with Crippen molar-refractivity contribution in [1.29, 1.82) is 0 Å². The molecule has 1 N–H and O–H groups in total. The molecule has 5 nitrogen and oxygen atoms in total. The maximum Gasteiger partial charge on any atom is 0.210 e. The summed E-state index contributed by atoms with van der Waals surface area (Å²) < 4.78 is 12.2. The molecular weight excluding hydrogens is 390 g/mol. The van der Waals surface area contributed by atoms with E-state index in [1.807, 2.05) is 55.5 Å². The Hall–Kier alpha value is -1.96. The zero-order valence-electron chi connectivity index (χ0n) is 14.1. The lowest BCUT2D eigenvalue weighted by Crippen LogP contribution is -1.99. The van der Waals surface area contributed by atoms with Crippen LogP contribution in [0.3, 0.4) is 0 Å². The minimum Gasteiger partial charge on any atom is -0.493 e. The third-order valence-corrected chi connectivity index (χ3v) is 5.41. The average molecular weight is 408 g/mol. The number of benzene rings is 2. The highest BCUT2D eigenvalue weighted by Crippen LogP contribution is 2.31. The fourth-order valence-corrected chi connectivity index (χ4v) is 3.88. The molecule has 8 heteroatoms. The van der Waals surface area contributed by atoms with Crippen molar-refractivity contribution in [2.75, 3.05) is 24.3 Å². The number of nitrogens with zero attached hydrogens (tertiary/aromatic N) is 2. The predicted octanol–water partition coefficient (Wildman–Crippen LogP) is 5.50. The Morgan fingerprint density at radius 2 is 1.88 bits per heavy atom. The summed E-state index contributed by atoms with van der Waals surface area (Å²) in [7, 11) is 0. The summed E-state index contributed by atoms with van der Waals surface area (Å²) in [5.74, 6) is 2.39. The van der Waals surface area contributed by atoms with E-state index in [-0.39, 0.29) is 0 Å². The molecule has 0 saturated heterocycles. The van der Waals surface area contributed by atoms with E-state index in [1.54, 1.807) is 11.8 Å². The van der Waals surface area contributed by atoms with E-state index in [2.05, 4.69) is 15.5 Å². The van der Waals surface area contributed by atoms with Gasteiger partial charge in [-0.3, -0.25) is 0 Å². The Balaban J connectivity index is 1.48. The Labute approximate surface area is 165 Å². The van der Waals surface area contributed by atoms with Crippen LogP contribution in [0, 0.1) is 0 Å². The first-order chi connectivity index (χ1) is 12.7. The Morgan fingerprint density at radius 1 is 1.08 bits per heavy atom. The predicted molar refractivity (Wildman–Crippen MR) is 108 cm³/mol. The van der Waals surface area contributed by atoms with Gasteiger partial charge in [-0.05, 0) is 43.3 Å². The first-order valence-corrected chi connectivity index (χ1v) is 10.3. The molecule has 2 aromatic carbocycles. The minimum atomic E-state index is 0.585. The molecular formula is C18H18ClN3O2S2. The van der Waals surface area contributed by atoms with E-state index in [9.17, 15) is 0 Å². The van der Waals surface area contributed by atoms with Gasteiger partial charge in [0.05, 0.1) is 18.9 Å². The summed E-state index contributed by atoms with van der Waals surface area (Å²) in [6.45, 7) is 3.16. The molecule has 0 fully saturated rings. The lowest BCUT2D eigenvalue weighted by Gasteiger charge is -2.09. The fraction of sp³-hybridized carbons (Fsp3) is 0.222. The van der Waals surface area contributed by atoms with Gasteiger partial charge in [-0.2, -0.15) is 0 Å². The molecule has 0 radical (unpaired) electrons. The smallest absolute Gasteiger partial charge is 0.210 e. The Kier molecular flexibility index (Phi) is 6.99. The topological polar surface area (TPSA) is 56.3 Å².